The van der Waals surface area contributed by atoms with Crippen molar-refractivity contribution in [3.05, 3.63) is 51.2 Å². The summed E-state index contributed by atoms with van der Waals surface area (Å²) < 4.78 is 27.2. The summed E-state index contributed by atoms with van der Waals surface area (Å²) in [5.41, 5.74) is 2.03. The van der Waals surface area contributed by atoms with Crippen LogP contribution >= 0.6 is 11.3 Å². The Bertz CT molecular complexity index is 771. The number of aryl methyl sites for hydroxylation is 2. The van der Waals surface area contributed by atoms with Crippen molar-refractivity contribution in [3.8, 4) is 6.07 Å². The molecule has 0 radical (unpaired) electrons. The van der Waals surface area contributed by atoms with Gasteiger partial charge in [0.1, 0.15) is 0 Å². The van der Waals surface area contributed by atoms with Gasteiger partial charge in [-0.1, -0.05) is 6.07 Å². The van der Waals surface area contributed by atoms with E-state index >= 15 is 0 Å². The first-order valence-electron chi connectivity index (χ1n) is 5.97. The van der Waals surface area contributed by atoms with Gasteiger partial charge in [-0.05, 0) is 48.6 Å². The van der Waals surface area contributed by atoms with E-state index in [0.717, 1.165) is 10.4 Å². The molecule has 20 heavy (non-hydrogen) atoms. The van der Waals surface area contributed by atoms with Crippen molar-refractivity contribution in [1.82, 2.24) is 4.72 Å². The first-order valence-corrected chi connectivity index (χ1v) is 8.33. The summed E-state index contributed by atoms with van der Waals surface area (Å²) >= 11 is 1.52. The molecule has 1 N–H and O–H groups in total. The number of hydrogen-bond acceptors (Lipinski definition) is 4. The molecule has 0 saturated heterocycles. The molecule has 6 heteroatoms. The van der Waals surface area contributed by atoms with Crippen molar-refractivity contribution >= 4 is 21.4 Å². The van der Waals surface area contributed by atoms with Gasteiger partial charge in [-0.2, -0.15) is 5.26 Å². The Morgan fingerprint density at radius 2 is 2.00 bits per heavy atom. The largest absolute Gasteiger partial charge is 0.241 e. The number of thiophene rings is 1. The first kappa shape index (κ1) is 14.7. The maximum atomic E-state index is 12.3. The van der Waals surface area contributed by atoms with Crippen LogP contribution in [-0.2, 0) is 16.6 Å². The lowest BCUT2D eigenvalue weighted by Crippen LogP contribution is -2.24. The maximum Gasteiger partial charge on any atom is 0.241 e. The van der Waals surface area contributed by atoms with Crippen molar-refractivity contribution in [2.24, 2.45) is 0 Å². The quantitative estimate of drug-likeness (QED) is 0.944. The van der Waals surface area contributed by atoms with Crippen molar-refractivity contribution in [1.29, 1.82) is 5.26 Å². The molecule has 1 heterocycles. The lowest BCUT2D eigenvalue weighted by molar-refractivity contribution is 0.581. The lowest BCUT2D eigenvalue weighted by Gasteiger charge is -2.09. The molecule has 0 saturated carbocycles. The predicted molar refractivity (Wildman–Crippen MR) is 79.0 cm³/mol. The molecular weight excluding hydrogens is 292 g/mol. The van der Waals surface area contributed by atoms with Crippen molar-refractivity contribution in [3.63, 3.8) is 0 Å². The number of nitriles is 1. The lowest BCUT2D eigenvalue weighted by atomic mass is 10.2. The second-order valence-electron chi connectivity index (χ2n) is 4.44. The zero-order chi connectivity index (χ0) is 14.8. The van der Waals surface area contributed by atoms with Gasteiger partial charge in [0.2, 0.25) is 10.0 Å². The van der Waals surface area contributed by atoms with Crippen LogP contribution in [-0.4, -0.2) is 8.42 Å². The number of nitrogens with zero attached hydrogens (tertiary/aromatic N) is 1. The van der Waals surface area contributed by atoms with Crippen LogP contribution in [0.3, 0.4) is 0 Å². The highest BCUT2D eigenvalue weighted by molar-refractivity contribution is 7.89. The van der Waals surface area contributed by atoms with Crippen molar-refractivity contribution < 1.29 is 8.42 Å². The maximum absolute atomic E-state index is 12.3. The van der Waals surface area contributed by atoms with Crippen LogP contribution in [0.5, 0.6) is 0 Å². The smallest absolute Gasteiger partial charge is 0.207 e. The molecule has 0 atom stereocenters. The average Bonchev–Trinajstić information content (AvgIpc) is 2.82. The summed E-state index contributed by atoms with van der Waals surface area (Å²) in [6.07, 6.45) is 0. The van der Waals surface area contributed by atoms with Gasteiger partial charge in [0.15, 0.2) is 0 Å². The fourth-order valence-electron chi connectivity index (χ4n) is 1.78. The summed E-state index contributed by atoms with van der Waals surface area (Å²) in [5.74, 6) is 0. The van der Waals surface area contributed by atoms with E-state index in [1.165, 1.54) is 17.4 Å². The van der Waals surface area contributed by atoms with Crippen molar-refractivity contribution in [2.75, 3.05) is 0 Å². The average molecular weight is 306 g/mol. The van der Waals surface area contributed by atoms with Gasteiger partial charge in [-0.15, -0.1) is 11.3 Å². The van der Waals surface area contributed by atoms with E-state index in [1.54, 1.807) is 19.1 Å². The Hall–Kier alpha value is -1.68. The molecule has 0 fully saturated rings. The Morgan fingerprint density at radius 1 is 1.25 bits per heavy atom. The molecule has 2 aromatic rings. The van der Waals surface area contributed by atoms with Crippen LogP contribution in [0.25, 0.3) is 0 Å². The second-order valence-corrected chi connectivity index (χ2v) is 7.18. The SMILES string of the molecule is Cc1ccc(C#N)cc1S(=O)(=O)NCc1sccc1C. The third-order valence-corrected chi connectivity index (χ3v) is 5.56. The topological polar surface area (TPSA) is 70.0 Å². The van der Waals surface area contributed by atoms with Gasteiger partial charge in [-0.3, -0.25) is 0 Å². The number of sulfonamides is 1. The van der Waals surface area contributed by atoms with E-state index in [4.69, 9.17) is 5.26 Å². The Kier molecular flexibility index (Phi) is 4.23. The van der Waals surface area contributed by atoms with Gasteiger partial charge in [0.25, 0.3) is 0 Å². The van der Waals surface area contributed by atoms with Gasteiger partial charge < -0.3 is 0 Å². The van der Waals surface area contributed by atoms with Crippen LogP contribution < -0.4 is 4.72 Å². The molecule has 104 valence electrons. The molecule has 0 aliphatic rings. The number of rotatable bonds is 4. The van der Waals surface area contributed by atoms with E-state index in [0.29, 0.717) is 11.1 Å². The zero-order valence-electron chi connectivity index (χ0n) is 11.2. The fourth-order valence-corrected chi connectivity index (χ4v) is 3.98. The minimum absolute atomic E-state index is 0.158. The monoisotopic (exact) mass is 306 g/mol. The van der Waals surface area contributed by atoms with E-state index in [9.17, 15) is 8.42 Å². The summed E-state index contributed by atoms with van der Waals surface area (Å²) in [7, 11) is -3.61. The number of benzene rings is 1. The van der Waals surface area contributed by atoms with E-state index in [1.807, 2.05) is 24.4 Å². The Morgan fingerprint density at radius 3 is 2.60 bits per heavy atom. The Balaban J connectivity index is 2.27. The van der Waals surface area contributed by atoms with E-state index in [-0.39, 0.29) is 11.4 Å². The third-order valence-electron chi connectivity index (χ3n) is 3.00. The molecule has 0 amide bonds. The molecular formula is C14H14N2O2S2. The highest BCUT2D eigenvalue weighted by Crippen LogP contribution is 2.19. The van der Waals surface area contributed by atoms with Crippen LogP contribution in [0.15, 0.2) is 34.5 Å². The van der Waals surface area contributed by atoms with Crippen LogP contribution in [0, 0.1) is 25.2 Å². The van der Waals surface area contributed by atoms with Gasteiger partial charge >= 0.3 is 0 Å². The second kappa shape index (κ2) is 5.75. The minimum Gasteiger partial charge on any atom is -0.207 e. The molecule has 0 aliphatic carbocycles. The minimum atomic E-state index is -3.61. The normalized spacial score (nSPS) is 11.2. The van der Waals surface area contributed by atoms with Gasteiger partial charge in [0, 0.05) is 11.4 Å². The molecule has 1 aromatic heterocycles. The summed E-state index contributed by atoms with van der Waals surface area (Å²) in [6, 6.07) is 8.56. The summed E-state index contributed by atoms with van der Waals surface area (Å²) in [6.45, 7) is 3.93. The first-order chi connectivity index (χ1) is 9.44. The standard InChI is InChI=1S/C14H14N2O2S2/c1-10-5-6-19-13(10)9-16-20(17,18)14-7-12(8-15)4-3-11(14)2/h3-7,16H,9H2,1-2H3. The van der Waals surface area contributed by atoms with Crippen LogP contribution in [0.2, 0.25) is 0 Å². The summed E-state index contributed by atoms with van der Waals surface area (Å²) in [4.78, 5) is 1.15. The predicted octanol–water partition coefficient (Wildman–Crippen LogP) is 2.72. The van der Waals surface area contributed by atoms with Crippen molar-refractivity contribution in [2.45, 2.75) is 25.3 Å². The van der Waals surface area contributed by atoms with Gasteiger partial charge in [0.05, 0.1) is 16.5 Å². The Labute approximate surface area is 122 Å². The van der Waals surface area contributed by atoms with Crippen LogP contribution in [0.4, 0.5) is 0 Å². The molecule has 0 spiro atoms. The van der Waals surface area contributed by atoms with Gasteiger partial charge in [-0.25, -0.2) is 13.1 Å². The van der Waals surface area contributed by atoms with E-state index in [2.05, 4.69) is 4.72 Å². The molecule has 1 aromatic carbocycles. The molecule has 4 nitrogen and oxygen atoms in total. The highest BCUT2D eigenvalue weighted by atomic mass is 32.2. The molecule has 0 unspecified atom stereocenters. The number of nitrogens with one attached hydrogen (secondary N) is 1. The fraction of sp³-hybridized carbons (Fsp3) is 0.214. The molecule has 2 rings (SSSR count). The third kappa shape index (κ3) is 3.07. The van der Waals surface area contributed by atoms with E-state index < -0.39 is 10.0 Å². The molecule has 0 aliphatic heterocycles. The van der Waals surface area contributed by atoms with Crippen LogP contribution in [0.1, 0.15) is 21.6 Å². The molecule has 0 bridgehead atoms. The summed E-state index contributed by atoms with van der Waals surface area (Å²) in [5, 5.41) is 10.8. The zero-order valence-corrected chi connectivity index (χ0v) is 12.8. The highest BCUT2D eigenvalue weighted by Gasteiger charge is 2.17. The number of hydrogen-bond donors (Lipinski definition) is 1.